The summed E-state index contributed by atoms with van der Waals surface area (Å²) in [6.45, 7) is 0. The largest absolute Gasteiger partial charge is 0.378 e. The number of benzene rings is 2. The maximum atomic E-state index is 9.56. The fourth-order valence-corrected chi connectivity index (χ4v) is 2.88. The normalized spacial score (nSPS) is 11.2. The summed E-state index contributed by atoms with van der Waals surface area (Å²) >= 11 is 3.43. The lowest BCUT2D eigenvalue weighted by Crippen LogP contribution is -2.08. The zero-order chi connectivity index (χ0) is 17.8. The van der Waals surface area contributed by atoms with E-state index in [1.54, 1.807) is 0 Å². The van der Waals surface area contributed by atoms with Crippen LogP contribution in [0.1, 0.15) is 11.3 Å². The maximum absolute atomic E-state index is 9.56. The smallest absolute Gasteiger partial charge is 0.0998 e. The number of nitriles is 1. The second kappa shape index (κ2) is 7.42. The quantitative estimate of drug-likeness (QED) is 0.559. The highest BCUT2D eigenvalue weighted by Gasteiger charge is 2.06. The summed E-state index contributed by atoms with van der Waals surface area (Å²) in [7, 11) is 4.05. The lowest BCUT2D eigenvalue weighted by molar-refractivity contribution is 1.06. The molecule has 0 aliphatic carbocycles. The Labute approximate surface area is 156 Å². The average Bonchev–Trinajstić information content (AvgIpc) is 3.09. The van der Waals surface area contributed by atoms with E-state index in [9.17, 15) is 5.26 Å². The van der Waals surface area contributed by atoms with Crippen molar-refractivity contribution in [3.8, 4) is 11.8 Å². The fraction of sp³-hybridized carbons (Fsp3) is 0.0952. The summed E-state index contributed by atoms with van der Waals surface area (Å²) in [5, 5.41) is 9.56. The van der Waals surface area contributed by atoms with E-state index in [1.807, 2.05) is 62.8 Å². The first-order valence-electron chi connectivity index (χ1n) is 7.91. The number of allylic oxidation sites excluding steroid dienone is 1. The zero-order valence-electron chi connectivity index (χ0n) is 14.1. The van der Waals surface area contributed by atoms with Gasteiger partial charge in [0.1, 0.15) is 0 Å². The number of hydrogen-bond donors (Lipinski definition) is 0. The van der Waals surface area contributed by atoms with Crippen LogP contribution < -0.4 is 4.90 Å². The first-order chi connectivity index (χ1) is 12.1. The van der Waals surface area contributed by atoms with E-state index in [4.69, 9.17) is 0 Å². The van der Waals surface area contributed by atoms with Gasteiger partial charge in [-0.25, -0.2) is 0 Å². The monoisotopic (exact) mass is 391 g/mol. The van der Waals surface area contributed by atoms with E-state index in [0.717, 1.165) is 27.1 Å². The zero-order valence-corrected chi connectivity index (χ0v) is 15.7. The highest BCUT2D eigenvalue weighted by Crippen LogP contribution is 2.23. The van der Waals surface area contributed by atoms with Gasteiger partial charge in [-0.1, -0.05) is 28.1 Å². The van der Waals surface area contributed by atoms with Crippen LogP contribution in [0.15, 0.2) is 71.3 Å². The summed E-state index contributed by atoms with van der Waals surface area (Å²) in [5.41, 5.74) is 4.73. The van der Waals surface area contributed by atoms with Crippen LogP contribution in [-0.2, 0) is 0 Å². The second-order valence-electron chi connectivity index (χ2n) is 5.89. The molecule has 0 saturated heterocycles. The Kier molecular flexibility index (Phi) is 5.06. The minimum atomic E-state index is 0.636. The van der Waals surface area contributed by atoms with E-state index in [0.29, 0.717) is 5.57 Å². The van der Waals surface area contributed by atoms with Crippen molar-refractivity contribution in [2.45, 2.75) is 0 Å². The Morgan fingerprint density at radius 3 is 2.32 bits per heavy atom. The summed E-state index contributed by atoms with van der Waals surface area (Å²) in [5.74, 6) is 0. The molecule has 1 heterocycles. The molecule has 1 aromatic heterocycles. The number of hydrogen-bond acceptors (Lipinski definition) is 2. The predicted molar refractivity (Wildman–Crippen MR) is 108 cm³/mol. The van der Waals surface area contributed by atoms with Gasteiger partial charge in [0.25, 0.3) is 0 Å². The van der Waals surface area contributed by atoms with E-state index < -0.39 is 0 Å². The molecule has 0 aliphatic rings. The molecule has 0 radical (unpaired) electrons. The topological polar surface area (TPSA) is 32.0 Å². The van der Waals surface area contributed by atoms with Crippen LogP contribution in [0.25, 0.3) is 17.3 Å². The van der Waals surface area contributed by atoms with Crippen molar-refractivity contribution in [1.82, 2.24) is 4.57 Å². The Morgan fingerprint density at radius 2 is 1.72 bits per heavy atom. The summed E-state index contributed by atoms with van der Waals surface area (Å²) in [4.78, 5) is 2.07. The third-order valence-corrected chi connectivity index (χ3v) is 4.52. The second-order valence-corrected chi connectivity index (χ2v) is 6.81. The van der Waals surface area contributed by atoms with E-state index >= 15 is 0 Å². The van der Waals surface area contributed by atoms with Crippen LogP contribution in [0.4, 0.5) is 5.69 Å². The van der Waals surface area contributed by atoms with Gasteiger partial charge in [-0.05, 0) is 60.2 Å². The molecule has 0 unspecified atom stereocenters. The molecule has 3 aromatic rings. The number of aromatic nitrogens is 1. The van der Waals surface area contributed by atoms with Gasteiger partial charge in [-0.15, -0.1) is 0 Å². The first-order valence-corrected chi connectivity index (χ1v) is 8.70. The lowest BCUT2D eigenvalue weighted by Gasteiger charge is -2.14. The molecule has 3 rings (SSSR count). The number of rotatable bonds is 4. The molecule has 0 saturated carbocycles. The van der Waals surface area contributed by atoms with Gasteiger partial charge in [-0.2, -0.15) is 5.26 Å². The van der Waals surface area contributed by atoms with Crippen LogP contribution in [0.2, 0.25) is 0 Å². The van der Waals surface area contributed by atoms with E-state index in [1.165, 1.54) is 0 Å². The fourth-order valence-electron chi connectivity index (χ4n) is 2.62. The van der Waals surface area contributed by atoms with Gasteiger partial charge in [0.2, 0.25) is 0 Å². The molecule has 0 N–H and O–H groups in total. The number of nitrogens with zero attached hydrogens (tertiary/aromatic N) is 3. The molecule has 0 fully saturated rings. The van der Waals surface area contributed by atoms with Crippen molar-refractivity contribution in [3.05, 3.63) is 82.6 Å². The molecule has 0 spiro atoms. The standard InChI is InChI=1S/C21H18BrN3/c1-24(2)19-9-11-20(12-10-19)25-13-3-4-21(25)14-17(15-23)16-5-7-18(22)8-6-16/h3-14H,1-2H3. The molecule has 0 aliphatic heterocycles. The third kappa shape index (κ3) is 3.84. The maximum Gasteiger partial charge on any atom is 0.0998 e. The molecule has 0 atom stereocenters. The Hall–Kier alpha value is -2.77. The SMILES string of the molecule is CN(C)c1ccc(-n2cccc2C=C(C#N)c2ccc(Br)cc2)cc1. The van der Waals surface area contributed by atoms with Crippen LogP contribution in [0.5, 0.6) is 0 Å². The van der Waals surface area contributed by atoms with E-state index in [-0.39, 0.29) is 0 Å². The van der Waals surface area contributed by atoms with Crippen molar-refractivity contribution >= 4 is 33.3 Å². The van der Waals surface area contributed by atoms with Crippen molar-refractivity contribution in [2.24, 2.45) is 0 Å². The molecule has 2 aromatic carbocycles. The minimum Gasteiger partial charge on any atom is -0.378 e. The van der Waals surface area contributed by atoms with Gasteiger partial charge in [0.05, 0.1) is 11.6 Å². The first kappa shape index (κ1) is 17.1. The highest BCUT2D eigenvalue weighted by atomic mass is 79.9. The molecular weight excluding hydrogens is 374 g/mol. The highest BCUT2D eigenvalue weighted by molar-refractivity contribution is 9.10. The van der Waals surface area contributed by atoms with Crippen LogP contribution >= 0.6 is 15.9 Å². The molecule has 4 heteroatoms. The Morgan fingerprint density at radius 1 is 1.04 bits per heavy atom. The molecule has 0 bridgehead atoms. The van der Waals surface area contributed by atoms with Gasteiger partial charge < -0.3 is 9.47 Å². The van der Waals surface area contributed by atoms with Crippen molar-refractivity contribution in [2.75, 3.05) is 19.0 Å². The molecule has 3 nitrogen and oxygen atoms in total. The number of anilines is 1. The summed E-state index contributed by atoms with van der Waals surface area (Å²) in [6, 6.07) is 22.4. The minimum absolute atomic E-state index is 0.636. The van der Waals surface area contributed by atoms with Crippen LogP contribution in [-0.4, -0.2) is 18.7 Å². The van der Waals surface area contributed by atoms with Crippen LogP contribution in [0, 0.1) is 11.3 Å². The molecular formula is C21H18BrN3. The van der Waals surface area contributed by atoms with Crippen molar-refractivity contribution < 1.29 is 0 Å². The van der Waals surface area contributed by atoms with Crippen LogP contribution in [0.3, 0.4) is 0 Å². The van der Waals surface area contributed by atoms with Crippen molar-refractivity contribution in [1.29, 1.82) is 5.26 Å². The van der Waals surface area contributed by atoms with Gasteiger partial charge in [0, 0.05) is 41.8 Å². The van der Waals surface area contributed by atoms with Gasteiger partial charge in [-0.3, -0.25) is 0 Å². The average molecular weight is 392 g/mol. The lowest BCUT2D eigenvalue weighted by atomic mass is 10.1. The summed E-state index contributed by atoms with van der Waals surface area (Å²) < 4.78 is 3.08. The Bertz CT molecular complexity index is 927. The predicted octanol–water partition coefficient (Wildman–Crippen LogP) is 5.37. The van der Waals surface area contributed by atoms with Gasteiger partial charge in [0.15, 0.2) is 0 Å². The molecule has 25 heavy (non-hydrogen) atoms. The molecule has 0 amide bonds. The Balaban J connectivity index is 1.98. The molecule has 124 valence electrons. The summed E-state index contributed by atoms with van der Waals surface area (Å²) in [6.07, 6.45) is 3.93. The van der Waals surface area contributed by atoms with Crippen molar-refractivity contribution in [3.63, 3.8) is 0 Å². The third-order valence-electron chi connectivity index (χ3n) is 3.99. The number of halogens is 1. The van der Waals surface area contributed by atoms with Gasteiger partial charge >= 0.3 is 0 Å². The van der Waals surface area contributed by atoms with E-state index in [2.05, 4.69) is 55.7 Å².